The molecule has 0 saturated carbocycles. The number of para-hydroxylation sites is 1. The molecule has 0 radical (unpaired) electrons. The molecule has 3 aromatic carbocycles. The second-order valence-corrected chi connectivity index (χ2v) is 8.76. The quantitative estimate of drug-likeness (QED) is 0.444. The van der Waals surface area contributed by atoms with Gasteiger partial charge in [-0.25, -0.2) is 13.4 Å². The van der Waals surface area contributed by atoms with Gasteiger partial charge >= 0.3 is 0 Å². The Hall–Kier alpha value is -3.78. The number of nitrogens with zero attached hydrogens (tertiary/aromatic N) is 2. The fourth-order valence-electron chi connectivity index (χ4n) is 3.51. The van der Waals surface area contributed by atoms with Crippen LogP contribution in [0.15, 0.2) is 84.1 Å². The monoisotopic (exact) mass is 449 g/mol. The zero-order chi connectivity index (χ0) is 22.7. The van der Waals surface area contributed by atoms with Crippen molar-refractivity contribution in [2.75, 3.05) is 18.9 Å². The highest BCUT2D eigenvalue weighted by molar-refractivity contribution is 7.92. The number of anilines is 1. The molecular formula is C24H23N3O4S. The second-order valence-electron chi connectivity index (χ2n) is 7.11. The highest BCUT2D eigenvalue weighted by atomic mass is 32.2. The average Bonchev–Trinajstić information content (AvgIpc) is 3.24. The largest absolute Gasteiger partial charge is 0.496 e. The van der Waals surface area contributed by atoms with Crippen LogP contribution >= 0.6 is 0 Å². The summed E-state index contributed by atoms with van der Waals surface area (Å²) in [6.07, 6.45) is 3.55. The molecule has 4 aromatic rings. The van der Waals surface area contributed by atoms with Gasteiger partial charge in [0.1, 0.15) is 11.5 Å². The number of nitrogens with one attached hydrogen (secondary N) is 1. The molecule has 0 saturated heterocycles. The van der Waals surface area contributed by atoms with E-state index in [9.17, 15) is 8.42 Å². The van der Waals surface area contributed by atoms with E-state index >= 15 is 0 Å². The number of hydrogen-bond donors (Lipinski definition) is 1. The number of aryl methyl sites for hydroxylation is 1. The smallest absolute Gasteiger partial charge is 0.262 e. The third-order valence-electron chi connectivity index (χ3n) is 5.00. The molecule has 32 heavy (non-hydrogen) atoms. The summed E-state index contributed by atoms with van der Waals surface area (Å²) in [5, 5.41) is 0. The number of imidazole rings is 1. The molecule has 0 atom stereocenters. The molecule has 8 heteroatoms. The SMILES string of the molecule is COc1ccccc1-c1ccccc1S(=O)(=O)Nc1ccc(-n2cnc(C)c2)c(OC)c1. The van der Waals surface area contributed by atoms with Crippen molar-refractivity contribution in [3.05, 3.63) is 84.9 Å². The van der Waals surface area contributed by atoms with Gasteiger partial charge in [0.15, 0.2) is 0 Å². The van der Waals surface area contributed by atoms with Crippen LogP contribution in [0.1, 0.15) is 5.69 Å². The summed E-state index contributed by atoms with van der Waals surface area (Å²) in [4.78, 5) is 4.38. The molecule has 1 heterocycles. The standard InChI is InChI=1S/C24H23N3O4S/c1-17-15-27(16-25-17)21-13-12-18(14-23(21)31-3)26-32(28,29)24-11-7-5-9-20(24)19-8-4-6-10-22(19)30-2/h4-16,26H,1-3H3. The molecule has 0 unspecified atom stereocenters. The maximum absolute atomic E-state index is 13.3. The lowest BCUT2D eigenvalue weighted by molar-refractivity contribution is 0.413. The Balaban J connectivity index is 1.72. The summed E-state index contributed by atoms with van der Waals surface area (Å²) in [6.45, 7) is 1.89. The predicted octanol–water partition coefficient (Wildman–Crippen LogP) is 4.67. The van der Waals surface area contributed by atoms with E-state index in [0.29, 0.717) is 28.3 Å². The van der Waals surface area contributed by atoms with Gasteiger partial charge in [0.05, 0.1) is 42.5 Å². The van der Waals surface area contributed by atoms with Crippen molar-refractivity contribution < 1.29 is 17.9 Å². The molecule has 164 valence electrons. The van der Waals surface area contributed by atoms with Gasteiger partial charge in [-0.1, -0.05) is 36.4 Å². The molecule has 0 amide bonds. The summed E-state index contributed by atoms with van der Waals surface area (Å²) < 4.78 is 42.1. The van der Waals surface area contributed by atoms with Gasteiger partial charge in [-0.05, 0) is 31.2 Å². The molecule has 4 rings (SSSR count). The van der Waals surface area contributed by atoms with Crippen molar-refractivity contribution in [3.8, 4) is 28.3 Å². The van der Waals surface area contributed by atoms with Crippen molar-refractivity contribution >= 4 is 15.7 Å². The van der Waals surface area contributed by atoms with E-state index in [1.165, 1.54) is 7.11 Å². The van der Waals surface area contributed by atoms with Crippen molar-refractivity contribution in [2.24, 2.45) is 0 Å². The van der Waals surface area contributed by atoms with E-state index in [-0.39, 0.29) is 4.90 Å². The molecule has 0 bridgehead atoms. The zero-order valence-corrected chi connectivity index (χ0v) is 18.8. The fraction of sp³-hybridized carbons (Fsp3) is 0.125. The number of methoxy groups -OCH3 is 2. The van der Waals surface area contributed by atoms with Gasteiger partial charge in [0.25, 0.3) is 10.0 Å². The van der Waals surface area contributed by atoms with Crippen LogP contribution in [-0.4, -0.2) is 32.2 Å². The summed E-state index contributed by atoms with van der Waals surface area (Å²) >= 11 is 0. The van der Waals surface area contributed by atoms with Crippen molar-refractivity contribution in [3.63, 3.8) is 0 Å². The first-order valence-corrected chi connectivity index (χ1v) is 11.4. The summed E-state index contributed by atoms with van der Waals surface area (Å²) in [5.74, 6) is 1.11. The van der Waals surface area contributed by atoms with Crippen molar-refractivity contribution in [1.29, 1.82) is 0 Å². The third kappa shape index (κ3) is 4.17. The average molecular weight is 450 g/mol. The minimum atomic E-state index is -3.90. The normalized spacial score (nSPS) is 11.2. The topological polar surface area (TPSA) is 82.5 Å². The van der Waals surface area contributed by atoms with E-state index < -0.39 is 10.0 Å². The molecule has 0 aliphatic rings. The Labute approximate surface area is 187 Å². The van der Waals surface area contributed by atoms with Crippen LogP contribution in [-0.2, 0) is 10.0 Å². The number of benzene rings is 3. The second kappa shape index (κ2) is 8.76. The first-order chi connectivity index (χ1) is 15.4. The van der Waals surface area contributed by atoms with Crippen LogP contribution in [0, 0.1) is 6.92 Å². The van der Waals surface area contributed by atoms with E-state index in [2.05, 4.69) is 9.71 Å². The van der Waals surface area contributed by atoms with Gasteiger partial charge in [-0.15, -0.1) is 0 Å². The van der Waals surface area contributed by atoms with Gasteiger partial charge < -0.3 is 14.0 Å². The van der Waals surface area contributed by atoms with Crippen molar-refractivity contribution in [1.82, 2.24) is 9.55 Å². The predicted molar refractivity (Wildman–Crippen MR) is 124 cm³/mol. The summed E-state index contributed by atoms with van der Waals surface area (Å²) in [7, 11) is -0.797. The lowest BCUT2D eigenvalue weighted by atomic mass is 10.0. The van der Waals surface area contributed by atoms with E-state index in [4.69, 9.17) is 9.47 Å². The molecular weight excluding hydrogens is 426 g/mol. The Morgan fingerprint density at radius 3 is 2.25 bits per heavy atom. The number of hydrogen-bond acceptors (Lipinski definition) is 5. The van der Waals surface area contributed by atoms with Gasteiger partial charge in [-0.2, -0.15) is 0 Å². The van der Waals surface area contributed by atoms with Crippen LogP contribution in [0.2, 0.25) is 0 Å². The van der Waals surface area contributed by atoms with Crippen LogP contribution in [0.3, 0.4) is 0 Å². The Morgan fingerprint density at radius 2 is 1.56 bits per heavy atom. The van der Waals surface area contributed by atoms with Gasteiger partial charge in [-0.3, -0.25) is 4.72 Å². The lowest BCUT2D eigenvalue weighted by Gasteiger charge is -2.16. The summed E-state index contributed by atoms with van der Waals surface area (Å²) in [5.41, 5.74) is 3.25. The molecule has 1 aromatic heterocycles. The van der Waals surface area contributed by atoms with E-state index in [1.807, 2.05) is 35.9 Å². The summed E-state index contributed by atoms with van der Waals surface area (Å²) in [6, 6.07) is 19.3. The molecule has 0 aliphatic heterocycles. The Morgan fingerprint density at radius 1 is 0.875 bits per heavy atom. The number of rotatable bonds is 7. The van der Waals surface area contributed by atoms with Crippen LogP contribution < -0.4 is 14.2 Å². The maximum atomic E-state index is 13.3. The number of ether oxygens (including phenoxy) is 2. The Kier molecular flexibility index (Phi) is 5.87. The molecule has 0 fully saturated rings. The van der Waals surface area contributed by atoms with Crippen LogP contribution in [0.25, 0.3) is 16.8 Å². The number of aromatic nitrogens is 2. The minimum Gasteiger partial charge on any atom is -0.496 e. The highest BCUT2D eigenvalue weighted by Crippen LogP contribution is 2.35. The first kappa shape index (κ1) is 21.5. The van der Waals surface area contributed by atoms with E-state index in [0.717, 1.165) is 11.4 Å². The highest BCUT2D eigenvalue weighted by Gasteiger charge is 2.21. The van der Waals surface area contributed by atoms with E-state index in [1.54, 1.807) is 62.0 Å². The zero-order valence-electron chi connectivity index (χ0n) is 17.9. The third-order valence-corrected chi connectivity index (χ3v) is 6.43. The molecule has 1 N–H and O–H groups in total. The van der Waals surface area contributed by atoms with Gasteiger partial charge in [0.2, 0.25) is 0 Å². The molecule has 0 aliphatic carbocycles. The van der Waals surface area contributed by atoms with Crippen molar-refractivity contribution in [2.45, 2.75) is 11.8 Å². The van der Waals surface area contributed by atoms with Crippen LogP contribution in [0.5, 0.6) is 11.5 Å². The molecule has 7 nitrogen and oxygen atoms in total. The maximum Gasteiger partial charge on any atom is 0.262 e. The van der Waals surface area contributed by atoms with Gasteiger partial charge in [0, 0.05) is 23.4 Å². The van der Waals surface area contributed by atoms with Crippen LogP contribution in [0.4, 0.5) is 5.69 Å². The minimum absolute atomic E-state index is 0.151. The first-order valence-electron chi connectivity index (χ1n) is 9.87. The fourth-order valence-corrected chi connectivity index (χ4v) is 4.78. The molecule has 0 spiro atoms. The number of sulfonamides is 1. The lowest BCUT2D eigenvalue weighted by Crippen LogP contribution is -2.14. The Bertz CT molecular complexity index is 1360.